The first-order chi connectivity index (χ1) is 15.7. The van der Waals surface area contributed by atoms with E-state index in [1.54, 1.807) is 4.90 Å². The molecule has 2 aromatic carbocycles. The molecular formula is C26H30N2O5. The molecule has 0 spiro atoms. The number of carbonyl (C=O) groups is 3. The minimum Gasteiger partial charge on any atom is -0.481 e. The number of carboxylic acid groups (broad SMARTS) is 1. The summed E-state index contributed by atoms with van der Waals surface area (Å²) >= 11 is 0. The highest BCUT2D eigenvalue weighted by molar-refractivity contribution is 5.80. The lowest BCUT2D eigenvalue weighted by Crippen LogP contribution is -2.39. The number of rotatable bonds is 7. The normalized spacial score (nSPS) is 17.4. The molecule has 0 bridgehead atoms. The average Bonchev–Trinajstić information content (AvgIpc) is 3.40. The van der Waals surface area contributed by atoms with Gasteiger partial charge in [-0.15, -0.1) is 0 Å². The molecule has 1 heterocycles. The molecule has 1 fully saturated rings. The van der Waals surface area contributed by atoms with Crippen LogP contribution in [0.5, 0.6) is 0 Å². The maximum atomic E-state index is 12.6. The SMILES string of the molecule is CC(C)(CNC(=O)OCC1c2ccccc2-c2ccccc21)CC(=O)N1CCC(C(=O)O)C1. The molecule has 4 rings (SSSR count). The Morgan fingerprint density at radius 1 is 1.06 bits per heavy atom. The number of nitrogens with zero attached hydrogens (tertiary/aromatic N) is 1. The van der Waals surface area contributed by atoms with Crippen molar-refractivity contribution in [3.05, 3.63) is 59.7 Å². The van der Waals surface area contributed by atoms with Crippen molar-refractivity contribution in [1.82, 2.24) is 10.2 Å². The van der Waals surface area contributed by atoms with Crippen molar-refractivity contribution in [2.45, 2.75) is 32.6 Å². The number of alkyl carbamates (subject to hydrolysis) is 1. The standard InChI is InChI=1S/C26H30N2O5/c1-26(2,13-23(29)28-12-11-17(14-28)24(30)31)16-27-25(32)33-15-22-20-9-5-3-7-18(20)19-8-4-6-10-21(19)22/h3-10,17,22H,11-16H2,1-2H3,(H,27,32)(H,30,31). The minimum atomic E-state index is -0.860. The Morgan fingerprint density at radius 3 is 2.24 bits per heavy atom. The van der Waals surface area contributed by atoms with Gasteiger partial charge in [-0.05, 0) is 34.1 Å². The van der Waals surface area contributed by atoms with E-state index in [4.69, 9.17) is 9.84 Å². The number of ether oxygens (including phenoxy) is 1. The molecule has 2 N–H and O–H groups in total. The van der Waals surface area contributed by atoms with E-state index in [1.807, 2.05) is 38.1 Å². The van der Waals surface area contributed by atoms with Crippen molar-refractivity contribution in [3.8, 4) is 11.1 Å². The number of hydrogen-bond donors (Lipinski definition) is 2. The van der Waals surface area contributed by atoms with Gasteiger partial charge in [0.1, 0.15) is 6.61 Å². The molecule has 2 aromatic rings. The molecule has 33 heavy (non-hydrogen) atoms. The fourth-order valence-corrected chi connectivity index (χ4v) is 4.73. The first kappa shape index (κ1) is 22.8. The second kappa shape index (κ2) is 9.25. The Hall–Kier alpha value is -3.35. The summed E-state index contributed by atoms with van der Waals surface area (Å²) in [5.41, 5.74) is 4.18. The summed E-state index contributed by atoms with van der Waals surface area (Å²) in [6, 6.07) is 16.3. The van der Waals surface area contributed by atoms with Gasteiger partial charge < -0.3 is 20.1 Å². The Kier molecular flexibility index (Phi) is 6.40. The summed E-state index contributed by atoms with van der Waals surface area (Å²) in [5.74, 6) is -1.44. The van der Waals surface area contributed by atoms with Gasteiger partial charge in [0.2, 0.25) is 5.91 Å². The highest BCUT2D eigenvalue weighted by Gasteiger charge is 2.34. The molecule has 1 aliphatic carbocycles. The van der Waals surface area contributed by atoms with Crippen molar-refractivity contribution < 1.29 is 24.2 Å². The molecular weight excluding hydrogens is 420 g/mol. The molecule has 1 unspecified atom stereocenters. The second-order valence-corrected chi connectivity index (χ2v) is 9.68. The van der Waals surface area contributed by atoms with E-state index in [1.165, 1.54) is 11.1 Å². The summed E-state index contributed by atoms with van der Waals surface area (Å²) in [6.07, 6.45) is 0.201. The molecule has 0 aromatic heterocycles. The number of likely N-dealkylation sites (tertiary alicyclic amines) is 1. The van der Waals surface area contributed by atoms with Crippen molar-refractivity contribution >= 4 is 18.0 Å². The third-order valence-corrected chi connectivity index (χ3v) is 6.57. The predicted octanol–water partition coefficient (Wildman–Crippen LogP) is 3.87. The molecule has 0 saturated carbocycles. The van der Waals surface area contributed by atoms with E-state index in [0.717, 1.165) is 11.1 Å². The third kappa shape index (κ3) is 5.02. The molecule has 2 aliphatic rings. The predicted molar refractivity (Wildman–Crippen MR) is 124 cm³/mol. The van der Waals surface area contributed by atoms with Gasteiger partial charge >= 0.3 is 12.1 Å². The first-order valence-electron chi connectivity index (χ1n) is 11.3. The topological polar surface area (TPSA) is 95.9 Å². The molecule has 2 amide bonds. The van der Waals surface area contributed by atoms with Crippen LogP contribution >= 0.6 is 0 Å². The quantitative estimate of drug-likeness (QED) is 0.668. The zero-order valence-corrected chi connectivity index (χ0v) is 19.0. The lowest BCUT2D eigenvalue weighted by atomic mass is 9.88. The second-order valence-electron chi connectivity index (χ2n) is 9.68. The Balaban J connectivity index is 1.28. The number of aliphatic carboxylic acids is 1. The van der Waals surface area contributed by atoms with Crippen LogP contribution in [-0.2, 0) is 14.3 Å². The highest BCUT2D eigenvalue weighted by atomic mass is 16.5. The maximum Gasteiger partial charge on any atom is 0.407 e. The van der Waals surface area contributed by atoms with Crippen LogP contribution in [0.15, 0.2) is 48.5 Å². The van der Waals surface area contributed by atoms with Crippen LogP contribution in [0.2, 0.25) is 0 Å². The number of benzene rings is 2. The maximum absolute atomic E-state index is 12.6. The zero-order chi connectivity index (χ0) is 23.6. The van der Waals surface area contributed by atoms with E-state index in [0.29, 0.717) is 13.0 Å². The number of carbonyl (C=O) groups excluding carboxylic acids is 2. The highest BCUT2D eigenvalue weighted by Crippen LogP contribution is 2.44. The van der Waals surface area contributed by atoms with Crippen LogP contribution < -0.4 is 5.32 Å². The van der Waals surface area contributed by atoms with E-state index >= 15 is 0 Å². The van der Waals surface area contributed by atoms with Crippen LogP contribution in [-0.4, -0.2) is 54.2 Å². The van der Waals surface area contributed by atoms with Crippen LogP contribution in [0.3, 0.4) is 0 Å². The zero-order valence-electron chi connectivity index (χ0n) is 19.0. The smallest absolute Gasteiger partial charge is 0.407 e. The van der Waals surface area contributed by atoms with E-state index in [2.05, 4.69) is 29.6 Å². The van der Waals surface area contributed by atoms with Gasteiger partial charge in [0.05, 0.1) is 5.92 Å². The van der Waals surface area contributed by atoms with Crippen LogP contribution in [0, 0.1) is 11.3 Å². The van der Waals surface area contributed by atoms with Crippen LogP contribution in [0.1, 0.15) is 43.7 Å². The average molecular weight is 451 g/mol. The minimum absolute atomic E-state index is 0.00455. The van der Waals surface area contributed by atoms with Gasteiger partial charge in [-0.1, -0.05) is 62.4 Å². The van der Waals surface area contributed by atoms with Gasteiger partial charge in [-0.2, -0.15) is 0 Å². The fourth-order valence-electron chi connectivity index (χ4n) is 4.73. The number of fused-ring (bicyclic) bond motifs is 3. The van der Waals surface area contributed by atoms with Crippen LogP contribution in [0.4, 0.5) is 4.79 Å². The lowest BCUT2D eigenvalue weighted by Gasteiger charge is -2.27. The number of carboxylic acids is 1. The molecule has 1 saturated heterocycles. The fraction of sp³-hybridized carbons (Fsp3) is 0.423. The van der Waals surface area contributed by atoms with Gasteiger partial charge in [0.15, 0.2) is 0 Å². The molecule has 7 heteroatoms. The summed E-state index contributed by atoms with van der Waals surface area (Å²) in [7, 11) is 0. The number of hydrogen-bond acceptors (Lipinski definition) is 4. The first-order valence-corrected chi connectivity index (χ1v) is 11.3. The monoisotopic (exact) mass is 450 g/mol. The van der Waals surface area contributed by atoms with Crippen LogP contribution in [0.25, 0.3) is 11.1 Å². The van der Waals surface area contributed by atoms with E-state index < -0.39 is 23.4 Å². The Bertz CT molecular complexity index is 1020. The molecule has 174 valence electrons. The van der Waals surface area contributed by atoms with E-state index in [9.17, 15) is 14.4 Å². The summed E-state index contributed by atoms with van der Waals surface area (Å²) < 4.78 is 5.57. The molecule has 1 atom stereocenters. The Morgan fingerprint density at radius 2 is 1.67 bits per heavy atom. The summed E-state index contributed by atoms with van der Waals surface area (Å²) in [4.78, 5) is 37.8. The molecule has 7 nitrogen and oxygen atoms in total. The molecule has 0 radical (unpaired) electrons. The van der Waals surface area contributed by atoms with E-state index in [-0.39, 0.29) is 37.9 Å². The van der Waals surface area contributed by atoms with Crippen molar-refractivity contribution in [1.29, 1.82) is 0 Å². The van der Waals surface area contributed by atoms with Crippen molar-refractivity contribution in [2.75, 3.05) is 26.2 Å². The third-order valence-electron chi connectivity index (χ3n) is 6.57. The largest absolute Gasteiger partial charge is 0.481 e. The lowest BCUT2D eigenvalue weighted by molar-refractivity contribution is -0.141. The number of amides is 2. The Labute approximate surface area is 193 Å². The van der Waals surface area contributed by atoms with Gasteiger partial charge in [0.25, 0.3) is 0 Å². The molecule has 1 aliphatic heterocycles. The van der Waals surface area contributed by atoms with Gasteiger partial charge in [0, 0.05) is 32.0 Å². The van der Waals surface area contributed by atoms with Gasteiger partial charge in [-0.3, -0.25) is 9.59 Å². The van der Waals surface area contributed by atoms with Crippen molar-refractivity contribution in [2.24, 2.45) is 11.3 Å². The van der Waals surface area contributed by atoms with Gasteiger partial charge in [-0.25, -0.2) is 4.79 Å². The summed E-state index contributed by atoms with van der Waals surface area (Å²) in [6.45, 7) is 5.05. The number of nitrogens with one attached hydrogen (secondary N) is 1. The van der Waals surface area contributed by atoms with Crippen molar-refractivity contribution in [3.63, 3.8) is 0 Å². The summed E-state index contributed by atoms with van der Waals surface area (Å²) in [5, 5.41) is 11.9.